The van der Waals surface area contributed by atoms with Crippen molar-refractivity contribution in [1.82, 2.24) is 4.90 Å². The summed E-state index contributed by atoms with van der Waals surface area (Å²) in [6.45, 7) is 5.96. The van der Waals surface area contributed by atoms with Crippen LogP contribution in [0.5, 0.6) is 0 Å². The van der Waals surface area contributed by atoms with E-state index in [-0.39, 0.29) is 11.5 Å². The van der Waals surface area contributed by atoms with Crippen molar-refractivity contribution in [2.24, 2.45) is 5.73 Å². The zero-order valence-electron chi connectivity index (χ0n) is 13.8. The smallest absolute Gasteiger partial charge is 0.233 e. The maximum absolute atomic E-state index is 13.2. The molecule has 1 saturated heterocycles. The number of nitrogens with zero attached hydrogens (tertiary/aromatic N) is 1. The van der Waals surface area contributed by atoms with Gasteiger partial charge in [-0.3, -0.25) is 4.79 Å². The summed E-state index contributed by atoms with van der Waals surface area (Å²) in [5.41, 5.74) is 8.26. The normalized spacial score (nSPS) is 24.2. The van der Waals surface area contributed by atoms with Crippen molar-refractivity contribution in [2.45, 2.75) is 63.3 Å². The summed E-state index contributed by atoms with van der Waals surface area (Å²) in [4.78, 5) is 15.2. The number of carbonyl (C=O) groups is 1. The number of amides is 1. The molecule has 1 aromatic rings. The molecule has 0 spiro atoms. The monoisotopic (exact) mass is 300 g/mol. The van der Waals surface area contributed by atoms with Gasteiger partial charge in [0.2, 0.25) is 5.91 Å². The Labute approximate surface area is 133 Å². The largest absolute Gasteiger partial charge is 0.340 e. The molecule has 3 rings (SSSR count). The average molecular weight is 300 g/mol. The number of hydrogen-bond acceptors (Lipinski definition) is 2. The van der Waals surface area contributed by atoms with E-state index < -0.39 is 0 Å². The van der Waals surface area contributed by atoms with Crippen LogP contribution in [0.4, 0.5) is 0 Å². The van der Waals surface area contributed by atoms with Gasteiger partial charge in [0.1, 0.15) is 0 Å². The molecule has 0 aromatic heterocycles. The SMILES string of the molecule is CC(C)c1ccc(C2(C(=O)N3CC[C@@H](N)C3)CCCC2)cc1. The molecular weight excluding hydrogens is 272 g/mol. The molecule has 2 aliphatic rings. The summed E-state index contributed by atoms with van der Waals surface area (Å²) in [6, 6.07) is 8.93. The van der Waals surface area contributed by atoms with Crippen molar-refractivity contribution in [1.29, 1.82) is 0 Å². The van der Waals surface area contributed by atoms with Crippen LogP contribution >= 0.6 is 0 Å². The molecule has 1 atom stereocenters. The highest BCUT2D eigenvalue weighted by Crippen LogP contribution is 2.43. The van der Waals surface area contributed by atoms with E-state index in [1.54, 1.807) is 0 Å². The molecule has 1 amide bonds. The first-order valence-electron chi connectivity index (χ1n) is 8.68. The molecule has 1 saturated carbocycles. The van der Waals surface area contributed by atoms with Gasteiger partial charge in [-0.05, 0) is 36.3 Å². The molecule has 3 heteroatoms. The van der Waals surface area contributed by atoms with E-state index in [1.165, 1.54) is 11.1 Å². The fourth-order valence-electron chi connectivity index (χ4n) is 4.07. The van der Waals surface area contributed by atoms with Crippen LogP contribution < -0.4 is 5.73 Å². The second-order valence-electron chi connectivity index (χ2n) is 7.37. The maximum Gasteiger partial charge on any atom is 0.233 e. The summed E-state index contributed by atoms with van der Waals surface area (Å²) >= 11 is 0. The first-order chi connectivity index (χ1) is 10.5. The number of likely N-dealkylation sites (tertiary alicyclic amines) is 1. The van der Waals surface area contributed by atoms with Crippen LogP contribution in [0.1, 0.15) is 63.0 Å². The lowest BCUT2D eigenvalue weighted by Gasteiger charge is -2.33. The number of rotatable bonds is 3. The van der Waals surface area contributed by atoms with Gasteiger partial charge >= 0.3 is 0 Å². The zero-order chi connectivity index (χ0) is 15.7. The van der Waals surface area contributed by atoms with Crippen LogP contribution in [-0.4, -0.2) is 29.9 Å². The van der Waals surface area contributed by atoms with Crippen LogP contribution in [0.2, 0.25) is 0 Å². The van der Waals surface area contributed by atoms with Gasteiger partial charge in [0, 0.05) is 19.1 Å². The molecule has 2 N–H and O–H groups in total. The van der Waals surface area contributed by atoms with Gasteiger partial charge < -0.3 is 10.6 Å². The first kappa shape index (κ1) is 15.5. The van der Waals surface area contributed by atoms with E-state index in [9.17, 15) is 4.79 Å². The summed E-state index contributed by atoms with van der Waals surface area (Å²) in [6.07, 6.45) is 5.21. The number of hydrogen-bond donors (Lipinski definition) is 1. The van der Waals surface area contributed by atoms with E-state index in [0.29, 0.717) is 11.8 Å². The van der Waals surface area contributed by atoms with Crippen LogP contribution in [0.25, 0.3) is 0 Å². The van der Waals surface area contributed by atoms with Gasteiger partial charge in [0.25, 0.3) is 0 Å². The summed E-state index contributed by atoms with van der Waals surface area (Å²) in [5.74, 6) is 0.844. The zero-order valence-corrected chi connectivity index (χ0v) is 13.8. The van der Waals surface area contributed by atoms with E-state index in [0.717, 1.165) is 45.2 Å². The average Bonchev–Trinajstić information content (AvgIpc) is 3.16. The van der Waals surface area contributed by atoms with Crippen molar-refractivity contribution in [3.63, 3.8) is 0 Å². The number of benzene rings is 1. The van der Waals surface area contributed by atoms with Crippen molar-refractivity contribution in [3.8, 4) is 0 Å². The molecule has 1 heterocycles. The molecule has 120 valence electrons. The van der Waals surface area contributed by atoms with Gasteiger partial charge in [0.15, 0.2) is 0 Å². The maximum atomic E-state index is 13.2. The van der Waals surface area contributed by atoms with E-state index in [2.05, 4.69) is 38.1 Å². The molecular formula is C19H28N2O. The highest BCUT2D eigenvalue weighted by Gasteiger charge is 2.45. The van der Waals surface area contributed by atoms with Crippen LogP contribution in [0, 0.1) is 0 Å². The van der Waals surface area contributed by atoms with Crippen molar-refractivity contribution < 1.29 is 4.79 Å². The third-order valence-corrected chi connectivity index (χ3v) is 5.51. The van der Waals surface area contributed by atoms with E-state index in [1.807, 2.05) is 4.90 Å². The highest BCUT2D eigenvalue weighted by atomic mass is 16.2. The quantitative estimate of drug-likeness (QED) is 0.932. The molecule has 1 aromatic carbocycles. The van der Waals surface area contributed by atoms with Crippen molar-refractivity contribution >= 4 is 5.91 Å². The third-order valence-electron chi connectivity index (χ3n) is 5.51. The molecule has 0 bridgehead atoms. The number of nitrogens with two attached hydrogens (primary N) is 1. The van der Waals surface area contributed by atoms with Gasteiger partial charge in [-0.25, -0.2) is 0 Å². The molecule has 0 unspecified atom stereocenters. The topological polar surface area (TPSA) is 46.3 Å². The fourth-order valence-corrected chi connectivity index (χ4v) is 4.07. The second-order valence-corrected chi connectivity index (χ2v) is 7.37. The minimum atomic E-state index is -0.292. The predicted octanol–water partition coefficient (Wildman–Crippen LogP) is 3.18. The lowest BCUT2D eigenvalue weighted by Crippen LogP contribution is -2.45. The predicted molar refractivity (Wildman–Crippen MR) is 89.8 cm³/mol. The third kappa shape index (κ3) is 2.67. The van der Waals surface area contributed by atoms with Crippen LogP contribution in [0.15, 0.2) is 24.3 Å². The van der Waals surface area contributed by atoms with Gasteiger partial charge in [-0.1, -0.05) is 51.0 Å². The lowest BCUT2D eigenvalue weighted by molar-refractivity contribution is -0.136. The Balaban J connectivity index is 1.89. The van der Waals surface area contributed by atoms with Gasteiger partial charge in [0.05, 0.1) is 5.41 Å². The minimum Gasteiger partial charge on any atom is -0.340 e. The summed E-state index contributed by atoms with van der Waals surface area (Å²) in [7, 11) is 0. The lowest BCUT2D eigenvalue weighted by atomic mass is 9.77. The van der Waals surface area contributed by atoms with E-state index in [4.69, 9.17) is 5.73 Å². The molecule has 1 aliphatic carbocycles. The minimum absolute atomic E-state index is 0.158. The van der Waals surface area contributed by atoms with Crippen LogP contribution in [0.3, 0.4) is 0 Å². The number of carbonyl (C=O) groups excluding carboxylic acids is 1. The Bertz CT molecular complexity index is 529. The Kier molecular flexibility index (Phi) is 4.26. The highest BCUT2D eigenvalue weighted by molar-refractivity contribution is 5.89. The molecule has 22 heavy (non-hydrogen) atoms. The summed E-state index contributed by atoms with van der Waals surface area (Å²) < 4.78 is 0. The van der Waals surface area contributed by atoms with Crippen LogP contribution in [-0.2, 0) is 10.2 Å². The Morgan fingerprint density at radius 1 is 1.23 bits per heavy atom. The molecule has 3 nitrogen and oxygen atoms in total. The molecule has 1 aliphatic heterocycles. The Hall–Kier alpha value is -1.35. The fraction of sp³-hybridized carbons (Fsp3) is 0.632. The Morgan fingerprint density at radius 2 is 1.86 bits per heavy atom. The van der Waals surface area contributed by atoms with E-state index >= 15 is 0 Å². The molecule has 2 fully saturated rings. The first-order valence-corrected chi connectivity index (χ1v) is 8.68. The molecule has 0 radical (unpaired) electrons. The Morgan fingerprint density at radius 3 is 2.36 bits per heavy atom. The summed E-state index contributed by atoms with van der Waals surface area (Å²) in [5, 5.41) is 0. The van der Waals surface area contributed by atoms with Crippen molar-refractivity contribution in [2.75, 3.05) is 13.1 Å². The second kappa shape index (κ2) is 6.04. The van der Waals surface area contributed by atoms with Crippen molar-refractivity contribution in [3.05, 3.63) is 35.4 Å². The standard InChI is InChI=1S/C19H28N2O/c1-14(2)15-5-7-16(8-6-15)19(10-3-4-11-19)18(22)21-12-9-17(20)13-21/h5-8,14,17H,3-4,9-13,20H2,1-2H3/t17-/m1/s1. The van der Waals surface area contributed by atoms with Gasteiger partial charge in [-0.15, -0.1) is 0 Å². The van der Waals surface area contributed by atoms with Gasteiger partial charge in [-0.2, -0.15) is 0 Å².